The van der Waals surface area contributed by atoms with Gasteiger partial charge in [0.2, 0.25) is 0 Å². The predicted molar refractivity (Wildman–Crippen MR) is 179 cm³/mol. The van der Waals surface area contributed by atoms with Gasteiger partial charge in [-0.3, -0.25) is 0 Å². The lowest BCUT2D eigenvalue weighted by molar-refractivity contribution is 1.30. The molecule has 0 aliphatic carbocycles. The molecule has 10 rings (SSSR count). The number of nitrogens with zero attached hydrogens (tertiary/aromatic N) is 2. The van der Waals surface area contributed by atoms with E-state index in [-0.39, 0.29) is 13.7 Å². The van der Waals surface area contributed by atoms with E-state index in [1.807, 2.05) is 0 Å². The fraction of sp³-hybridized carbons (Fsp3) is 0.0526. The first-order valence-electron chi connectivity index (χ1n) is 14.9. The molecule has 0 atom stereocenters. The molecule has 0 radical (unpaired) electrons. The van der Waals surface area contributed by atoms with Crippen molar-refractivity contribution in [2.75, 3.05) is 9.62 Å². The minimum Gasteiger partial charge on any atom is -0.376 e. The molecule has 4 aliphatic heterocycles. The monoisotopic (exact) mass is 532 g/mol. The summed E-state index contributed by atoms with van der Waals surface area (Å²) < 4.78 is 0. The Morgan fingerprint density at radius 2 is 0.905 bits per heavy atom. The molecule has 0 saturated carbocycles. The zero-order valence-corrected chi connectivity index (χ0v) is 23.6. The van der Waals surface area contributed by atoms with Gasteiger partial charge in [-0.15, -0.1) is 0 Å². The van der Waals surface area contributed by atoms with Crippen LogP contribution in [0.2, 0.25) is 0 Å². The molecule has 0 saturated heterocycles. The third-order valence-corrected chi connectivity index (χ3v) is 9.94. The van der Waals surface area contributed by atoms with Crippen LogP contribution in [-0.2, 0) is 0 Å². The number of benzene rings is 6. The quantitative estimate of drug-likeness (QED) is 0.208. The van der Waals surface area contributed by atoms with Crippen molar-refractivity contribution in [2.24, 2.45) is 0 Å². The van der Waals surface area contributed by atoms with E-state index in [4.69, 9.17) is 0 Å². The Morgan fingerprint density at radius 1 is 0.381 bits per heavy atom. The molecule has 0 amide bonds. The third kappa shape index (κ3) is 2.68. The van der Waals surface area contributed by atoms with E-state index in [9.17, 15) is 0 Å². The van der Waals surface area contributed by atoms with Gasteiger partial charge < -0.3 is 9.62 Å². The molecule has 0 fully saturated rings. The average Bonchev–Trinajstić information content (AvgIpc) is 3.03. The van der Waals surface area contributed by atoms with E-state index < -0.39 is 0 Å². The fourth-order valence-corrected chi connectivity index (χ4v) is 8.34. The van der Waals surface area contributed by atoms with Gasteiger partial charge in [0.15, 0.2) is 0 Å². The Hall–Kier alpha value is -4.95. The van der Waals surface area contributed by atoms with Crippen molar-refractivity contribution in [1.29, 1.82) is 0 Å². The highest BCUT2D eigenvalue weighted by atomic mass is 15.1. The summed E-state index contributed by atoms with van der Waals surface area (Å²) in [7, 11) is 0. The molecule has 4 heteroatoms. The third-order valence-electron chi connectivity index (χ3n) is 9.94. The molecule has 194 valence electrons. The van der Waals surface area contributed by atoms with Crippen molar-refractivity contribution in [1.82, 2.24) is 0 Å². The number of para-hydroxylation sites is 1. The number of hydrogen-bond acceptors (Lipinski definition) is 2. The van der Waals surface area contributed by atoms with Crippen LogP contribution in [0.25, 0.3) is 33.4 Å². The molecule has 0 spiro atoms. The number of anilines is 4. The zero-order valence-electron chi connectivity index (χ0n) is 23.6. The average molecular weight is 532 g/mol. The minimum absolute atomic E-state index is 0.119. The summed E-state index contributed by atoms with van der Waals surface area (Å²) in [5, 5.41) is 0. The highest BCUT2D eigenvalue weighted by Crippen LogP contribution is 2.53. The summed E-state index contributed by atoms with van der Waals surface area (Å²) in [6, 6.07) is 46.0. The van der Waals surface area contributed by atoms with Gasteiger partial charge in [0.1, 0.15) is 0 Å². The first-order chi connectivity index (χ1) is 20.7. The molecule has 0 bridgehead atoms. The molecule has 4 heterocycles. The van der Waals surface area contributed by atoms with E-state index in [1.54, 1.807) is 0 Å². The largest absolute Gasteiger partial charge is 0.376 e. The van der Waals surface area contributed by atoms with Gasteiger partial charge in [0, 0.05) is 39.4 Å². The van der Waals surface area contributed by atoms with Crippen molar-refractivity contribution in [3.63, 3.8) is 0 Å². The lowest BCUT2D eigenvalue weighted by Crippen LogP contribution is -2.65. The second-order valence-electron chi connectivity index (χ2n) is 12.2. The summed E-state index contributed by atoms with van der Waals surface area (Å²) in [5.74, 6) is 0. The molecule has 0 N–H and O–H groups in total. The molecular formula is C38H26B2N2. The van der Waals surface area contributed by atoms with Crippen LogP contribution in [0.3, 0.4) is 0 Å². The molecular weight excluding hydrogens is 506 g/mol. The van der Waals surface area contributed by atoms with Gasteiger partial charge in [-0.05, 0) is 82.7 Å². The standard InChI is InChI=1S/C38H26B2N2/c1-23-17-19-30-27(21-23)26-10-4-6-14-33(26)41-35-15-8-16-36-38(35)37-31(12-7-13-32(37)40(30)41)39-29-11-5-3-9-25(29)28-22-24(2)18-20-34(28)42(36)39/h3-22H,1-2H3. The van der Waals surface area contributed by atoms with Gasteiger partial charge in [-0.2, -0.15) is 0 Å². The van der Waals surface area contributed by atoms with Gasteiger partial charge in [-0.1, -0.05) is 102 Å². The molecule has 0 aromatic heterocycles. The van der Waals surface area contributed by atoms with Crippen molar-refractivity contribution >= 4 is 58.3 Å². The van der Waals surface area contributed by atoms with Crippen LogP contribution in [0.15, 0.2) is 121 Å². The Balaban J connectivity index is 1.34. The summed E-state index contributed by atoms with van der Waals surface area (Å²) in [6.07, 6.45) is 0. The predicted octanol–water partition coefficient (Wildman–Crippen LogP) is 6.45. The van der Waals surface area contributed by atoms with E-state index >= 15 is 0 Å². The summed E-state index contributed by atoms with van der Waals surface area (Å²) >= 11 is 0. The highest BCUT2D eigenvalue weighted by Gasteiger charge is 2.49. The van der Waals surface area contributed by atoms with E-state index in [0.29, 0.717) is 0 Å². The van der Waals surface area contributed by atoms with Crippen molar-refractivity contribution in [2.45, 2.75) is 13.8 Å². The molecule has 42 heavy (non-hydrogen) atoms. The smallest absolute Gasteiger partial charge is 0.329 e. The molecule has 4 aliphatic rings. The molecule has 2 nitrogen and oxygen atoms in total. The van der Waals surface area contributed by atoms with Crippen LogP contribution in [0.4, 0.5) is 22.7 Å². The minimum atomic E-state index is 0.119. The van der Waals surface area contributed by atoms with Gasteiger partial charge in [0.05, 0.1) is 0 Å². The van der Waals surface area contributed by atoms with Crippen molar-refractivity contribution in [3.05, 3.63) is 132 Å². The van der Waals surface area contributed by atoms with Crippen LogP contribution >= 0.6 is 0 Å². The first-order valence-corrected chi connectivity index (χ1v) is 14.9. The Kier molecular flexibility index (Phi) is 4.25. The summed E-state index contributed by atoms with van der Waals surface area (Å²) in [5.41, 5.74) is 21.4. The molecule has 6 aromatic rings. The second kappa shape index (κ2) is 7.86. The first kappa shape index (κ1) is 22.7. The molecule has 0 unspecified atom stereocenters. The number of hydrogen-bond donors (Lipinski definition) is 0. The lowest BCUT2D eigenvalue weighted by atomic mass is 9.37. The maximum Gasteiger partial charge on any atom is 0.329 e. The van der Waals surface area contributed by atoms with Crippen LogP contribution < -0.4 is 31.5 Å². The second-order valence-corrected chi connectivity index (χ2v) is 12.2. The van der Waals surface area contributed by atoms with Gasteiger partial charge in [0.25, 0.3) is 0 Å². The maximum absolute atomic E-state index is 2.62. The van der Waals surface area contributed by atoms with E-state index in [0.717, 1.165) is 0 Å². The Labute approximate surface area is 247 Å². The normalized spacial score (nSPS) is 14.2. The van der Waals surface area contributed by atoms with Crippen molar-refractivity contribution < 1.29 is 0 Å². The van der Waals surface area contributed by atoms with Crippen LogP contribution in [0.1, 0.15) is 11.1 Å². The van der Waals surface area contributed by atoms with Crippen LogP contribution in [-0.4, -0.2) is 13.7 Å². The van der Waals surface area contributed by atoms with Crippen molar-refractivity contribution in [3.8, 4) is 33.4 Å². The number of rotatable bonds is 0. The van der Waals surface area contributed by atoms with E-state index in [2.05, 4.69) is 145 Å². The SMILES string of the molecule is Cc1ccc2c(c1)-c1ccccc1N1B2c2cccc3c2-c2c1cccc2N1B3c2ccccc2-c2cc(C)ccc21. The van der Waals surface area contributed by atoms with E-state index in [1.165, 1.54) is 89.1 Å². The van der Waals surface area contributed by atoms with Gasteiger partial charge in [-0.25, -0.2) is 0 Å². The molecule has 6 aromatic carbocycles. The Bertz CT molecular complexity index is 2010. The maximum atomic E-state index is 2.62. The highest BCUT2D eigenvalue weighted by molar-refractivity contribution is 6.97. The zero-order chi connectivity index (χ0) is 27.7. The summed E-state index contributed by atoms with van der Waals surface area (Å²) in [4.78, 5) is 5.24. The lowest BCUT2D eigenvalue weighted by Gasteiger charge is -2.49. The fourth-order valence-electron chi connectivity index (χ4n) is 8.34. The topological polar surface area (TPSA) is 6.48 Å². The van der Waals surface area contributed by atoms with Crippen LogP contribution in [0.5, 0.6) is 0 Å². The summed E-state index contributed by atoms with van der Waals surface area (Å²) in [6.45, 7) is 4.64. The van der Waals surface area contributed by atoms with Crippen LogP contribution in [0, 0.1) is 13.8 Å². The van der Waals surface area contributed by atoms with Gasteiger partial charge >= 0.3 is 13.7 Å². The number of fused-ring (bicyclic) bond motifs is 16. The Morgan fingerprint density at radius 3 is 1.67 bits per heavy atom. The number of aryl methyl sites for hydroxylation is 2.